The van der Waals surface area contributed by atoms with Gasteiger partial charge >= 0.3 is 0 Å². The van der Waals surface area contributed by atoms with Crippen LogP contribution in [0.3, 0.4) is 0 Å². The second kappa shape index (κ2) is 11.8. The third kappa shape index (κ3) is 6.16. The van der Waals surface area contributed by atoms with Crippen LogP contribution in [0.5, 0.6) is 5.75 Å². The van der Waals surface area contributed by atoms with E-state index in [9.17, 15) is 8.78 Å². The molecular formula is C28H40F2O3. The Kier molecular flexibility index (Phi) is 8.81. The zero-order chi connectivity index (χ0) is 23.2. The molecule has 3 nitrogen and oxygen atoms in total. The van der Waals surface area contributed by atoms with Crippen molar-refractivity contribution in [2.75, 3.05) is 19.8 Å². The van der Waals surface area contributed by atoms with Crippen LogP contribution in [0.2, 0.25) is 0 Å². The lowest BCUT2D eigenvalue weighted by molar-refractivity contribution is -0.0567. The predicted octanol–water partition coefficient (Wildman–Crippen LogP) is 7.19. The standard InChI is InChI=1S/C28H40F2O3/c1-3-19-7-15-25(33-17-19)22-8-5-20(6-9-22)18-32-23-12-10-21(11-13-23)24-14-16-26(31-4-2)28(30)27(24)29/h3,14,16,19-23,25H,1,4-13,15,17-18H2,2H3. The van der Waals surface area contributed by atoms with E-state index in [2.05, 4.69) is 6.58 Å². The van der Waals surface area contributed by atoms with Crippen LogP contribution in [0, 0.1) is 29.4 Å². The molecule has 0 radical (unpaired) electrons. The summed E-state index contributed by atoms with van der Waals surface area (Å²) >= 11 is 0. The summed E-state index contributed by atoms with van der Waals surface area (Å²) in [4.78, 5) is 0. The van der Waals surface area contributed by atoms with E-state index in [1.165, 1.54) is 38.5 Å². The summed E-state index contributed by atoms with van der Waals surface area (Å²) in [6.07, 6.45) is 13.5. The van der Waals surface area contributed by atoms with Crippen molar-refractivity contribution in [3.05, 3.63) is 42.0 Å². The summed E-state index contributed by atoms with van der Waals surface area (Å²) in [7, 11) is 0. The molecule has 3 aliphatic rings. The molecule has 184 valence electrons. The minimum Gasteiger partial charge on any atom is -0.491 e. The highest BCUT2D eigenvalue weighted by Gasteiger charge is 2.32. The third-order valence-electron chi connectivity index (χ3n) is 8.16. The molecule has 5 heteroatoms. The number of ether oxygens (including phenoxy) is 3. The van der Waals surface area contributed by atoms with E-state index in [1.54, 1.807) is 19.1 Å². The first-order valence-corrected chi connectivity index (χ1v) is 13.0. The smallest absolute Gasteiger partial charge is 0.200 e. The molecule has 0 amide bonds. The maximum Gasteiger partial charge on any atom is 0.200 e. The van der Waals surface area contributed by atoms with E-state index in [0.717, 1.165) is 38.9 Å². The molecule has 1 saturated heterocycles. The van der Waals surface area contributed by atoms with Crippen molar-refractivity contribution in [2.45, 2.75) is 89.3 Å². The summed E-state index contributed by atoms with van der Waals surface area (Å²) in [5, 5.41) is 0. The van der Waals surface area contributed by atoms with E-state index in [0.29, 0.717) is 36.0 Å². The highest BCUT2D eigenvalue weighted by atomic mass is 19.2. The van der Waals surface area contributed by atoms with Crippen molar-refractivity contribution in [1.82, 2.24) is 0 Å². The maximum absolute atomic E-state index is 14.6. The minimum absolute atomic E-state index is 0.00139. The van der Waals surface area contributed by atoms with Crippen molar-refractivity contribution >= 4 is 0 Å². The van der Waals surface area contributed by atoms with Crippen molar-refractivity contribution in [3.8, 4) is 5.75 Å². The van der Waals surface area contributed by atoms with Crippen LogP contribution in [0.25, 0.3) is 0 Å². The number of benzene rings is 1. The largest absolute Gasteiger partial charge is 0.491 e. The van der Waals surface area contributed by atoms with Crippen LogP contribution in [0.1, 0.15) is 82.6 Å². The fraction of sp³-hybridized carbons (Fsp3) is 0.714. The van der Waals surface area contributed by atoms with Crippen molar-refractivity contribution in [3.63, 3.8) is 0 Å². The number of hydrogen-bond donors (Lipinski definition) is 0. The zero-order valence-corrected chi connectivity index (χ0v) is 20.1. The first kappa shape index (κ1) is 24.7. The van der Waals surface area contributed by atoms with Gasteiger partial charge in [0.15, 0.2) is 11.6 Å². The maximum atomic E-state index is 14.6. The molecule has 2 saturated carbocycles. The quantitative estimate of drug-likeness (QED) is 0.383. The van der Waals surface area contributed by atoms with E-state index in [-0.39, 0.29) is 17.8 Å². The molecule has 0 spiro atoms. The molecular weight excluding hydrogens is 422 g/mol. The van der Waals surface area contributed by atoms with Crippen LogP contribution in [0.15, 0.2) is 24.8 Å². The first-order chi connectivity index (χ1) is 16.1. The van der Waals surface area contributed by atoms with Gasteiger partial charge in [-0.2, -0.15) is 4.39 Å². The molecule has 1 aliphatic heterocycles. The van der Waals surface area contributed by atoms with Crippen molar-refractivity contribution in [2.24, 2.45) is 17.8 Å². The van der Waals surface area contributed by atoms with E-state index >= 15 is 0 Å². The molecule has 0 N–H and O–H groups in total. The average Bonchev–Trinajstić information content (AvgIpc) is 2.87. The van der Waals surface area contributed by atoms with Gasteiger partial charge in [-0.25, -0.2) is 4.39 Å². The monoisotopic (exact) mass is 462 g/mol. The molecule has 1 heterocycles. The summed E-state index contributed by atoms with van der Waals surface area (Å²) in [5.74, 6) is 0.327. The van der Waals surface area contributed by atoms with Gasteiger partial charge in [-0.3, -0.25) is 0 Å². The number of rotatable bonds is 8. The molecule has 3 fully saturated rings. The summed E-state index contributed by atoms with van der Waals surface area (Å²) in [6, 6.07) is 3.26. The first-order valence-electron chi connectivity index (χ1n) is 13.0. The molecule has 4 rings (SSSR count). The van der Waals surface area contributed by atoms with Gasteiger partial charge in [0.1, 0.15) is 0 Å². The average molecular weight is 463 g/mol. The fourth-order valence-electron chi connectivity index (χ4n) is 6.02. The summed E-state index contributed by atoms with van der Waals surface area (Å²) in [5.41, 5.74) is 0.483. The Morgan fingerprint density at radius 2 is 1.73 bits per heavy atom. The van der Waals surface area contributed by atoms with Gasteiger partial charge in [0, 0.05) is 12.5 Å². The predicted molar refractivity (Wildman–Crippen MR) is 127 cm³/mol. The highest BCUT2D eigenvalue weighted by molar-refractivity contribution is 5.33. The number of halogens is 2. The van der Waals surface area contributed by atoms with E-state index < -0.39 is 11.6 Å². The third-order valence-corrected chi connectivity index (χ3v) is 8.16. The molecule has 33 heavy (non-hydrogen) atoms. The van der Waals surface area contributed by atoms with Gasteiger partial charge in [0.2, 0.25) is 5.82 Å². The van der Waals surface area contributed by atoms with Gasteiger partial charge in [-0.05, 0) is 101 Å². The van der Waals surface area contributed by atoms with E-state index in [1.807, 2.05) is 6.08 Å². The lowest BCUT2D eigenvalue weighted by Gasteiger charge is -2.37. The Hall–Kier alpha value is -1.46. The molecule has 2 atom stereocenters. The van der Waals surface area contributed by atoms with Gasteiger partial charge in [0.05, 0.1) is 25.4 Å². The second-order valence-corrected chi connectivity index (χ2v) is 10.2. The number of hydrogen-bond acceptors (Lipinski definition) is 3. The highest BCUT2D eigenvalue weighted by Crippen LogP contribution is 2.39. The van der Waals surface area contributed by atoms with Crippen molar-refractivity contribution < 1.29 is 23.0 Å². The Morgan fingerprint density at radius 3 is 2.36 bits per heavy atom. The Bertz CT molecular complexity index is 759. The fourth-order valence-corrected chi connectivity index (χ4v) is 6.02. The van der Waals surface area contributed by atoms with Gasteiger partial charge in [0.25, 0.3) is 0 Å². The summed E-state index contributed by atoms with van der Waals surface area (Å²) in [6.45, 7) is 7.66. The molecule has 0 bridgehead atoms. The molecule has 2 aliphatic carbocycles. The normalized spacial score (nSPS) is 32.9. The Labute approximate surface area is 197 Å². The SMILES string of the molecule is C=CC1CCC(C2CCC(COC3CCC(c4ccc(OCC)c(F)c4F)CC3)CC2)OC1. The second-order valence-electron chi connectivity index (χ2n) is 10.2. The summed E-state index contributed by atoms with van der Waals surface area (Å²) < 4.78 is 46.4. The molecule has 2 unspecified atom stereocenters. The lowest BCUT2D eigenvalue weighted by Crippen LogP contribution is -2.34. The Balaban J connectivity index is 1.17. The van der Waals surface area contributed by atoms with Crippen LogP contribution < -0.4 is 4.74 Å². The van der Waals surface area contributed by atoms with Gasteiger partial charge < -0.3 is 14.2 Å². The van der Waals surface area contributed by atoms with Crippen LogP contribution in [-0.2, 0) is 9.47 Å². The van der Waals surface area contributed by atoms with Gasteiger partial charge in [-0.1, -0.05) is 12.1 Å². The zero-order valence-electron chi connectivity index (χ0n) is 20.1. The topological polar surface area (TPSA) is 27.7 Å². The minimum atomic E-state index is -0.859. The molecule has 1 aromatic rings. The van der Waals surface area contributed by atoms with Crippen LogP contribution in [-0.4, -0.2) is 32.0 Å². The van der Waals surface area contributed by atoms with Gasteiger partial charge in [-0.15, -0.1) is 6.58 Å². The van der Waals surface area contributed by atoms with Crippen LogP contribution in [0.4, 0.5) is 8.78 Å². The van der Waals surface area contributed by atoms with E-state index in [4.69, 9.17) is 14.2 Å². The Morgan fingerprint density at radius 1 is 0.970 bits per heavy atom. The molecule has 0 aromatic heterocycles. The van der Waals surface area contributed by atoms with Crippen molar-refractivity contribution in [1.29, 1.82) is 0 Å². The lowest BCUT2D eigenvalue weighted by atomic mass is 9.77. The van der Waals surface area contributed by atoms with Crippen LogP contribution >= 0.6 is 0 Å². The molecule has 1 aromatic carbocycles.